The third-order valence-corrected chi connectivity index (χ3v) is 11.8. The topological polar surface area (TPSA) is 111 Å². The number of esters is 2. The highest BCUT2D eigenvalue weighted by atomic mass is 16.7. The van der Waals surface area contributed by atoms with Crippen LogP contribution in [-0.2, 0) is 33.3 Å². The average Bonchev–Trinajstić information content (AvgIpc) is 3.29. The molecule has 0 rings (SSSR count). The van der Waals surface area contributed by atoms with Gasteiger partial charge in [-0.25, -0.2) is 0 Å². The molecule has 0 aliphatic carbocycles. The van der Waals surface area contributed by atoms with Crippen molar-refractivity contribution >= 4 is 17.9 Å². The molecule has 388 valence electrons. The van der Waals surface area contributed by atoms with Crippen LogP contribution in [0.15, 0.2) is 60.8 Å². The van der Waals surface area contributed by atoms with Crippen LogP contribution in [0.4, 0.5) is 0 Å². The average molecular weight is 942 g/mol. The molecule has 0 spiro atoms. The Balaban J connectivity index is 4.19. The molecule has 0 aromatic heterocycles. The van der Waals surface area contributed by atoms with Crippen molar-refractivity contribution in [2.45, 2.75) is 245 Å². The van der Waals surface area contributed by atoms with E-state index in [0.29, 0.717) is 23.9 Å². The standard InChI is InChI=1S/C58H103NO8/c1-6-8-10-12-14-16-18-20-21-22-23-24-25-26-27-28-29-30-31-32-33-34-35-37-39-41-43-45-47-49-56(61)67-54(53-66-58(57(62)63)64-51-50-59(3,4)5)52-65-55(60)48-46-44-42-40-38-36-19-17-15-13-11-9-7-2/h8,10,14,16,20-21,23-24,26-27,54,58H,6-7,9,11-13,15,17-19,22,25,28-53H2,1-5H3/b10-8-,16-14-,21-20-,24-23-,27-26-. The summed E-state index contributed by atoms with van der Waals surface area (Å²) < 4.78 is 22.6. The van der Waals surface area contributed by atoms with E-state index in [0.717, 1.165) is 70.6 Å². The molecule has 0 radical (unpaired) electrons. The van der Waals surface area contributed by atoms with Gasteiger partial charge in [0.2, 0.25) is 0 Å². The first-order valence-electron chi connectivity index (χ1n) is 27.4. The van der Waals surface area contributed by atoms with Crippen molar-refractivity contribution in [2.24, 2.45) is 0 Å². The van der Waals surface area contributed by atoms with Gasteiger partial charge in [-0.2, -0.15) is 0 Å². The maximum atomic E-state index is 12.8. The molecular weight excluding hydrogens is 839 g/mol. The molecule has 9 nitrogen and oxygen atoms in total. The molecule has 0 aliphatic rings. The third kappa shape index (κ3) is 50.7. The zero-order valence-corrected chi connectivity index (χ0v) is 44.0. The highest BCUT2D eigenvalue weighted by Crippen LogP contribution is 2.16. The number of hydrogen-bond acceptors (Lipinski definition) is 8. The second kappa shape index (κ2) is 49.4. The van der Waals surface area contributed by atoms with E-state index in [-0.39, 0.29) is 32.2 Å². The summed E-state index contributed by atoms with van der Waals surface area (Å²) in [5.41, 5.74) is 0. The normalized spacial score (nSPS) is 13.3. The fourth-order valence-corrected chi connectivity index (χ4v) is 7.56. The Morgan fingerprint density at radius 3 is 1.27 bits per heavy atom. The van der Waals surface area contributed by atoms with E-state index in [9.17, 15) is 19.5 Å². The molecule has 2 atom stereocenters. The van der Waals surface area contributed by atoms with Crippen LogP contribution in [-0.4, -0.2) is 82.3 Å². The highest BCUT2D eigenvalue weighted by molar-refractivity contribution is 5.70. The zero-order valence-electron chi connectivity index (χ0n) is 44.0. The van der Waals surface area contributed by atoms with Gasteiger partial charge < -0.3 is 33.3 Å². The fraction of sp³-hybridized carbons (Fsp3) is 0.776. The summed E-state index contributed by atoms with van der Waals surface area (Å²) in [5.74, 6) is -2.28. The van der Waals surface area contributed by atoms with Crippen LogP contribution >= 0.6 is 0 Å². The second-order valence-corrected chi connectivity index (χ2v) is 19.5. The summed E-state index contributed by atoms with van der Waals surface area (Å²) in [6.45, 7) is 4.64. The number of likely N-dealkylation sites (N-methyl/N-ethyl adjacent to an activating group) is 1. The SMILES string of the molecule is CC/C=C\C/C=C\C/C=C\C/C=C\C/C=C\CCCCCCCCCCCCCCCC(=O)OC(COC(=O)CCCCCCCCCCCCCCC)COC(OCC[N+](C)(C)C)C(=O)[O-]. The third-order valence-electron chi connectivity index (χ3n) is 11.8. The van der Waals surface area contributed by atoms with Gasteiger partial charge in [0, 0.05) is 12.8 Å². The summed E-state index contributed by atoms with van der Waals surface area (Å²) >= 11 is 0. The predicted molar refractivity (Wildman–Crippen MR) is 278 cm³/mol. The van der Waals surface area contributed by atoms with Crippen LogP contribution in [0.25, 0.3) is 0 Å². The first-order valence-corrected chi connectivity index (χ1v) is 27.4. The quantitative estimate of drug-likeness (QED) is 0.0195. The van der Waals surface area contributed by atoms with Gasteiger partial charge in [0.1, 0.15) is 13.2 Å². The Morgan fingerprint density at radius 1 is 0.463 bits per heavy atom. The van der Waals surface area contributed by atoms with Crippen molar-refractivity contribution in [1.29, 1.82) is 0 Å². The van der Waals surface area contributed by atoms with Gasteiger partial charge >= 0.3 is 11.9 Å². The van der Waals surface area contributed by atoms with Crippen LogP contribution in [0, 0.1) is 0 Å². The van der Waals surface area contributed by atoms with E-state index < -0.39 is 24.3 Å². The lowest BCUT2D eigenvalue weighted by molar-refractivity contribution is -0.870. The summed E-state index contributed by atoms with van der Waals surface area (Å²) in [5, 5.41) is 11.7. The molecule has 0 bridgehead atoms. The molecule has 0 aromatic rings. The maximum absolute atomic E-state index is 12.8. The van der Waals surface area contributed by atoms with E-state index in [1.165, 1.54) is 128 Å². The van der Waals surface area contributed by atoms with Gasteiger partial charge in [0.25, 0.3) is 0 Å². The zero-order chi connectivity index (χ0) is 49.2. The molecule has 2 unspecified atom stereocenters. The Labute approximate surface area is 412 Å². The van der Waals surface area contributed by atoms with Crippen molar-refractivity contribution in [2.75, 3.05) is 47.5 Å². The largest absolute Gasteiger partial charge is 0.545 e. The predicted octanol–water partition coefficient (Wildman–Crippen LogP) is 14.3. The summed E-state index contributed by atoms with van der Waals surface area (Å²) in [7, 11) is 5.92. The molecule has 0 fully saturated rings. The van der Waals surface area contributed by atoms with Crippen LogP contribution < -0.4 is 5.11 Å². The molecule has 0 saturated carbocycles. The van der Waals surface area contributed by atoms with Crippen molar-refractivity contribution in [3.05, 3.63) is 60.8 Å². The Hall–Kier alpha value is -3.01. The maximum Gasteiger partial charge on any atom is 0.306 e. The minimum Gasteiger partial charge on any atom is -0.545 e. The number of carbonyl (C=O) groups excluding carboxylic acids is 3. The van der Waals surface area contributed by atoms with E-state index in [1.807, 2.05) is 21.1 Å². The number of carboxylic acids is 1. The molecule has 0 aliphatic heterocycles. The minimum absolute atomic E-state index is 0.147. The first-order chi connectivity index (χ1) is 32.6. The van der Waals surface area contributed by atoms with Gasteiger partial charge in [-0.05, 0) is 57.8 Å². The number of carbonyl (C=O) groups is 3. The molecule has 9 heteroatoms. The summed E-state index contributed by atoms with van der Waals surface area (Å²) in [4.78, 5) is 37.2. The van der Waals surface area contributed by atoms with Crippen molar-refractivity contribution in [3.63, 3.8) is 0 Å². The lowest BCUT2D eigenvalue weighted by Crippen LogP contribution is -2.44. The molecule has 0 N–H and O–H groups in total. The van der Waals surface area contributed by atoms with Gasteiger partial charge in [0.15, 0.2) is 12.4 Å². The molecular formula is C58H103NO8. The number of ether oxygens (including phenoxy) is 4. The Bertz CT molecular complexity index is 1280. The summed E-state index contributed by atoms with van der Waals surface area (Å²) in [6, 6.07) is 0. The second-order valence-electron chi connectivity index (χ2n) is 19.5. The minimum atomic E-state index is -1.62. The van der Waals surface area contributed by atoms with E-state index in [4.69, 9.17) is 18.9 Å². The van der Waals surface area contributed by atoms with Crippen LogP contribution in [0.3, 0.4) is 0 Å². The first kappa shape index (κ1) is 64.0. The Morgan fingerprint density at radius 2 is 0.851 bits per heavy atom. The number of aliphatic carboxylic acids is 1. The number of carboxylic acid groups (broad SMARTS) is 1. The number of unbranched alkanes of at least 4 members (excludes halogenated alkanes) is 25. The molecule has 0 aromatic carbocycles. The molecule has 0 heterocycles. The van der Waals surface area contributed by atoms with Gasteiger partial charge in [-0.15, -0.1) is 0 Å². The number of quaternary nitrogens is 1. The number of rotatable bonds is 50. The lowest BCUT2D eigenvalue weighted by atomic mass is 10.0. The Kier molecular flexibility index (Phi) is 47.2. The van der Waals surface area contributed by atoms with Gasteiger partial charge in [-0.3, -0.25) is 9.59 Å². The van der Waals surface area contributed by atoms with Crippen LogP contribution in [0.1, 0.15) is 232 Å². The van der Waals surface area contributed by atoms with Crippen molar-refractivity contribution in [1.82, 2.24) is 0 Å². The highest BCUT2D eigenvalue weighted by Gasteiger charge is 2.22. The van der Waals surface area contributed by atoms with Crippen LogP contribution in [0.5, 0.6) is 0 Å². The number of allylic oxidation sites excluding steroid dienone is 10. The monoisotopic (exact) mass is 942 g/mol. The van der Waals surface area contributed by atoms with Crippen molar-refractivity contribution in [3.8, 4) is 0 Å². The number of nitrogens with zero attached hydrogens (tertiary/aromatic N) is 1. The van der Waals surface area contributed by atoms with E-state index in [1.54, 1.807) is 0 Å². The molecule has 0 saturated heterocycles. The molecule has 0 amide bonds. The lowest BCUT2D eigenvalue weighted by Gasteiger charge is -2.26. The van der Waals surface area contributed by atoms with Crippen molar-refractivity contribution < 1.29 is 42.9 Å². The fourth-order valence-electron chi connectivity index (χ4n) is 7.56. The molecule has 67 heavy (non-hydrogen) atoms. The van der Waals surface area contributed by atoms with E-state index in [2.05, 4.69) is 74.6 Å². The van der Waals surface area contributed by atoms with Gasteiger partial charge in [-0.1, -0.05) is 222 Å². The van der Waals surface area contributed by atoms with Crippen LogP contribution in [0.2, 0.25) is 0 Å². The van der Waals surface area contributed by atoms with Gasteiger partial charge in [0.05, 0.1) is 40.3 Å². The smallest absolute Gasteiger partial charge is 0.306 e. The number of hydrogen-bond donors (Lipinski definition) is 0. The van der Waals surface area contributed by atoms with E-state index >= 15 is 0 Å². The summed E-state index contributed by atoms with van der Waals surface area (Å²) in [6.07, 6.45) is 58.3.